The zero-order chi connectivity index (χ0) is 12.1. The maximum Gasteiger partial charge on any atom is 0.408 e. The Hall–Kier alpha value is -1.77. The van der Waals surface area contributed by atoms with Crippen molar-refractivity contribution in [2.75, 3.05) is 0 Å². The molecule has 0 spiro atoms. The highest BCUT2D eigenvalue weighted by atomic mass is 16.6. The monoisotopic (exact) mass is 214 g/mol. The molecule has 6 heteroatoms. The van der Waals surface area contributed by atoms with Gasteiger partial charge in [0.15, 0.2) is 4.98 Å². The fourth-order valence-electron chi connectivity index (χ4n) is 0.729. The SMILES string of the molecule is C[C@@H](NC(=O)OC(C)(C)C)/C(O)=C\[N+]#N. The summed E-state index contributed by atoms with van der Waals surface area (Å²) in [4.78, 5) is 13.8. The Kier molecular flexibility index (Phi) is 4.58. The fourth-order valence-corrected chi connectivity index (χ4v) is 0.729. The molecule has 0 aliphatic carbocycles. The molecular weight excluding hydrogens is 198 g/mol. The van der Waals surface area contributed by atoms with Crippen molar-refractivity contribution in [3.05, 3.63) is 16.9 Å². The van der Waals surface area contributed by atoms with Gasteiger partial charge in [-0.3, -0.25) is 0 Å². The van der Waals surface area contributed by atoms with Gasteiger partial charge in [-0.2, -0.15) is 0 Å². The summed E-state index contributed by atoms with van der Waals surface area (Å²) < 4.78 is 4.96. The average molecular weight is 214 g/mol. The summed E-state index contributed by atoms with van der Waals surface area (Å²) in [7, 11) is 0. The first kappa shape index (κ1) is 13.2. The van der Waals surface area contributed by atoms with E-state index in [-0.39, 0.29) is 5.76 Å². The van der Waals surface area contributed by atoms with Crippen molar-refractivity contribution in [2.45, 2.75) is 39.3 Å². The number of aliphatic hydroxyl groups excluding tert-OH is 1. The molecule has 0 aromatic carbocycles. The normalized spacial score (nSPS) is 13.9. The van der Waals surface area contributed by atoms with Crippen LogP contribution in [0.15, 0.2) is 12.0 Å². The molecule has 1 amide bonds. The van der Waals surface area contributed by atoms with Crippen molar-refractivity contribution in [1.82, 2.24) is 5.32 Å². The molecule has 1 atom stereocenters. The zero-order valence-corrected chi connectivity index (χ0v) is 9.31. The minimum Gasteiger partial charge on any atom is -0.504 e. The number of alkyl carbamates (subject to hydrolysis) is 1. The Labute approximate surface area is 88.5 Å². The molecule has 0 saturated heterocycles. The predicted octanol–water partition coefficient (Wildman–Crippen LogP) is 2.15. The van der Waals surface area contributed by atoms with Crippen molar-refractivity contribution in [2.24, 2.45) is 0 Å². The second-order valence-electron chi connectivity index (χ2n) is 4.04. The number of ether oxygens (including phenoxy) is 1. The molecule has 0 bridgehead atoms. The van der Waals surface area contributed by atoms with Crippen molar-refractivity contribution >= 4 is 6.09 Å². The first-order chi connectivity index (χ1) is 6.76. The van der Waals surface area contributed by atoms with E-state index in [9.17, 15) is 9.90 Å². The minimum atomic E-state index is -0.671. The van der Waals surface area contributed by atoms with Crippen LogP contribution in [0.5, 0.6) is 0 Å². The van der Waals surface area contributed by atoms with Crippen LogP contribution < -0.4 is 5.32 Å². The van der Waals surface area contributed by atoms with E-state index in [1.807, 2.05) is 0 Å². The molecule has 0 saturated carbocycles. The Balaban J connectivity index is 4.21. The first-order valence-electron chi connectivity index (χ1n) is 4.49. The Morgan fingerprint density at radius 2 is 2.13 bits per heavy atom. The van der Waals surface area contributed by atoms with Crippen molar-refractivity contribution in [1.29, 1.82) is 5.39 Å². The van der Waals surface area contributed by atoms with E-state index in [1.165, 1.54) is 6.92 Å². The molecule has 0 aromatic rings. The molecule has 0 unspecified atom stereocenters. The largest absolute Gasteiger partial charge is 0.504 e. The highest BCUT2D eigenvalue weighted by Crippen LogP contribution is 2.07. The minimum absolute atomic E-state index is 0.261. The summed E-state index contributed by atoms with van der Waals surface area (Å²) in [6.07, 6.45) is 0.190. The van der Waals surface area contributed by atoms with E-state index < -0.39 is 17.7 Å². The molecule has 0 fully saturated rings. The summed E-state index contributed by atoms with van der Waals surface area (Å²) in [6.45, 7) is 6.73. The van der Waals surface area contributed by atoms with Crippen LogP contribution in [0.4, 0.5) is 4.79 Å². The third-order valence-electron chi connectivity index (χ3n) is 1.37. The Morgan fingerprint density at radius 1 is 1.60 bits per heavy atom. The summed E-state index contributed by atoms with van der Waals surface area (Å²) in [5.41, 5.74) is -0.593. The maximum atomic E-state index is 11.2. The lowest BCUT2D eigenvalue weighted by molar-refractivity contribution is 0.0506. The lowest BCUT2D eigenvalue weighted by Gasteiger charge is -2.21. The van der Waals surface area contributed by atoms with Gasteiger partial charge in [0, 0.05) is 0 Å². The molecule has 84 valence electrons. The number of amides is 1. The van der Waals surface area contributed by atoms with Gasteiger partial charge >= 0.3 is 12.3 Å². The van der Waals surface area contributed by atoms with Crippen LogP contribution in [0, 0.1) is 5.39 Å². The second kappa shape index (κ2) is 5.20. The number of carbonyl (C=O) groups excluding carboxylic acids is 1. The van der Waals surface area contributed by atoms with Crippen LogP contribution in [0.3, 0.4) is 0 Å². The van der Waals surface area contributed by atoms with Crippen LogP contribution in [0.1, 0.15) is 27.7 Å². The number of hydrogen-bond acceptors (Lipinski definition) is 4. The van der Waals surface area contributed by atoms with Gasteiger partial charge in [-0.25, -0.2) is 4.79 Å². The number of rotatable bonds is 2. The van der Waals surface area contributed by atoms with Crippen LogP contribution in [0.2, 0.25) is 0 Å². The average Bonchev–Trinajstić information content (AvgIpc) is 2.00. The summed E-state index contributed by atoms with van der Waals surface area (Å²) in [5.74, 6) is -0.261. The van der Waals surface area contributed by atoms with Gasteiger partial charge in [0.25, 0.3) is 0 Å². The molecule has 0 aliphatic heterocycles. The zero-order valence-electron chi connectivity index (χ0n) is 9.31. The van der Waals surface area contributed by atoms with E-state index in [1.54, 1.807) is 20.8 Å². The van der Waals surface area contributed by atoms with Crippen molar-refractivity contribution in [3.8, 4) is 0 Å². The first-order valence-corrected chi connectivity index (χ1v) is 4.49. The summed E-state index contributed by atoms with van der Waals surface area (Å²) in [5, 5.41) is 19.7. The molecule has 0 aliphatic rings. The quantitative estimate of drug-likeness (QED) is 0.544. The van der Waals surface area contributed by atoms with Crippen LogP contribution in [-0.4, -0.2) is 22.8 Å². The van der Waals surface area contributed by atoms with Gasteiger partial charge in [-0.1, -0.05) is 0 Å². The molecule has 0 radical (unpaired) electrons. The third kappa shape index (κ3) is 6.32. The topological polar surface area (TPSA) is 86.7 Å². The Morgan fingerprint density at radius 3 is 2.53 bits per heavy atom. The highest BCUT2D eigenvalue weighted by molar-refractivity contribution is 5.68. The predicted molar refractivity (Wildman–Crippen MR) is 54.6 cm³/mol. The lowest BCUT2D eigenvalue weighted by atomic mass is 10.2. The molecule has 0 aromatic heterocycles. The standard InChI is InChI=1S/C9H15N3O3/c1-6(7(13)5-11-10)12-8(14)15-9(2,3)4/h5-6H,1-4H3,(H-,12,13,14)/p+1/b7-5+/t6-/m1/s1. The van der Waals surface area contributed by atoms with Crippen LogP contribution >= 0.6 is 0 Å². The Bertz CT molecular complexity index is 299. The van der Waals surface area contributed by atoms with Gasteiger partial charge in [-0.05, 0) is 27.7 Å². The molecule has 15 heavy (non-hydrogen) atoms. The summed E-state index contributed by atoms with van der Waals surface area (Å²) >= 11 is 0. The van der Waals surface area contributed by atoms with Gasteiger partial charge in [-0.15, -0.1) is 0 Å². The summed E-state index contributed by atoms with van der Waals surface area (Å²) in [6, 6.07) is -0.671. The lowest BCUT2D eigenvalue weighted by Crippen LogP contribution is -2.38. The van der Waals surface area contributed by atoms with E-state index in [2.05, 4.69) is 10.3 Å². The van der Waals surface area contributed by atoms with Crippen LogP contribution in [0.25, 0.3) is 4.98 Å². The molecular formula is C9H16N3O3+. The number of diazo groups is 1. The van der Waals surface area contributed by atoms with Gasteiger partial charge in [0.05, 0.1) is 6.04 Å². The smallest absolute Gasteiger partial charge is 0.408 e. The van der Waals surface area contributed by atoms with Gasteiger partial charge < -0.3 is 15.2 Å². The maximum absolute atomic E-state index is 11.2. The number of nitrogens with one attached hydrogen (secondary N) is 1. The fraction of sp³-hybridized carbons (Fsp3) is 0.667. The van der Waals surface area contributed by atoms with Crippen molar-refractivity contribution < 1.29 is 14.6 Å². The van der Waals surface area contributed by atoms with E-state index in [4.69, 9.17) is 10.1 Å². The van der Waals surface area contributed by atoms with Crippen LogP contribution in [-0.2, 0) is 4.74 Å². The number of aliphatic hydroxyl groups is 1. The molecule has 0 rings (SSSR count). The van der Waals surface area contributed by atoms with Gasteiger partial charge in [0.1, 0.15) is 5.60 Å². The molecule has 2 N–H and O–H groups in total. The van der Waals surface area contributed by atoms with E-state index in [0.29, 0.717) is 0 Å². The molecule has 0 heterocycles. The second-order valence-corrected chi connectivity index (χ2v) is 4.04. The van der Waals surface area contributed by atoms with E-state index >= 15 is 0 Å². The van der Waals surface area contributed by atoms with Gasteiger partial charge in [0.2, 0.25) is 11.2 Å². The van der Waals surface area contributed by atoms with E-state index in [0.717, 1.165) is 6.20 Å². The van der Waals surface area contributed by atoms with Crippen molar-refractivity contribution in [3.63, 3.8) is 0 Å². The third-order valence-corrected chi connectivity index (χ3v) is 1.37. The number of hydrogen-bond donors (Lipinski definition) is 2. The number of nitrogens with zero attached hydrogens (tertiary/aromatic N) is 2. The highest BCUT2D eigenvalue weighted by Gasteiger charge is 2.20. The number of carbonyl (C=O) groups is 1. The molecule has 6 nitrogen and oxygen atoms in total.